The van der Waals surface area contributed by atoms with E-state index in [0.29, 0.717) is 51.0 Å². The number of fused-ring (bicyclic) bond motifs is 1. The lowest BCUT2D eigenvalue weighted by atomic mass is 10.0. The fraction of sp³-hybridized carbons (Fsp3) is 0.516. The first-order valence-electron chi connectivity index (χ1n) is 14.8. The van der Waals surface area contributed by atoms with Crippen molar-refractivity contribution in [3.05, 3.63) is 59.7 Å². The molecule has 0 aromatic heterocycles. The predicted molar refractivity (Wildman–Crippen MR) is 159 cm³/mol. The van der Waals surface area contributed by atoms with Crippen LogP contribution in [0.1, 0.15) is 56.0 Å². The number of hydrogen-bond acceptors (Lipinski definition) is 5. The van der Waals surface area contributed by atoms with Gasteiger partial charge in [-0.3, -0.25) is 9.59 Å². The highest BCUT2D eigenvalue weighted by molar-refractivity contribution is 8.01. The lowest BCUT2D eigenvalue weighted by molar-refractivity contribution is -0.253. The van der Waals surface area contributed by atoms with Gasteiger partial charge in [-0.2, -0.15) is 17.6 Å². The van der Waals surface area contributed by atoms with E-state index in [-0.39, 0.29) is 36.2 Å². The minimum absolute atomic E-state index is 0.0160. The van der Waals surface area contributed by atoms with E-state index in [0.717, 1.165) is 17.3 Å². The molecule has 13 heteroatoms. The summed E-state index contributed by atoms with van der Waals surface area (Å²) in [5, 5.41) is 1.66. The topological polar surface area (TPSA) is 82.2 Å². The molecule has 0 aliphatic carbocycles. The summed E-state index contributed by atoms with van der Waals surface area (Å²) < 4.78 is 56.9. The van der Waals surface area contributed by atoms with Crippen molar-refractivity contribution in [1.29, 1.82) is 0 Å². The van der Waals surface area contributed by atoms with E-state index in [1.165, 1.54) is 23.9 Å². The number of carbonyl (C=O) groups is 3. The maximum atomic E-state index is 13.6. The third kappa shape index (κ3) is 7.08. The molecule has 1 N–H and O–H groups in total. The number of alkyl halides is 4. The van der Waals surface area contributed by atoms with E-state index in [1.54, 1.807) is 15.9 Å². The van der Waals surface area contributed by atoms with Gasteiger partial charge in [0.2, 0.25) is 11.8 Å². The van der Waals surface area contributed by atoms with Gasteiger partial charge in [-0.05, 0) is 54.5 Å². The van der Waals surface area contributed by atoms with Gasteiger partial charge in [0, 0.05) is 44.3 Å². The van der Waals surface area contributed by atoms with Gasteiger partial charge in [-0.1, -0.05) is 44.2 Å². The molecule has 238 valence electrons. The standard InChI is InChI=1S/C31H36F4N4O4S/c1-19(2)10-15-38-27(41)25(44-28(38)20-7-5-8-23(16-20)43-31(34,35)29(32)33)17-26(40)37-13-11-22(12-14-37)39-18-21-6-3-4-9-24(21)36-30(39)42/h3-9,16,19,22,25,28-29H,10-15,17-18H2,1-2H3,(H,36,42). The number of para-hydroxylation sites is 1. The second kappa shape index (κ2) is 13.3. The number of thioether (sulfide) groups is 1. The number of likely N-dealkylation sites (tertiary alicyclic amines) is 1. The quantitative estimate of drug-likeness (QED) is 0.308. The minimum Gasteiger partial charge on any atom is -0.428 e. The van der Waals surface area contributed by atoms with E-state index in [2.05, 4.69) is 10.1 Å². The molecular formula is C31H36F4N4O4S. The summed E-state index contributed by atoms with van der Waals surface area (Å²) in [5.74, 6) is -0.541. The van der Waals surface area contributed by atoms with Crippen LogP contribution in [0.25, 0.3) is 0 Å². The molecule has 8 nitrogen and oxygen atoms in total. The number of benzene rings is 2. The Morgan fingerprint density at radius 2 is 1.82 bits per heavy atom. The van der Waals surface area contributed by atoms with Crippen LogP contribution < -0.4 is 10.1 Å². The normalized spacial score (nSPS) is 21.2. The summed E-state index contributed by atoms with van der Waals surface area (Å²) in [6, 6.07) is 13.0. The summed E-state index contributed by atoms with van der Waals surface area (Å²) >= 11 is 1.25. The number of carbonyl (C=O) groups excluding carboxylic acids is 3. The first-order valence-corrected chi connectivity index (χ1v) is 15.7. The molecule has 2 saturated heterocycles. The smallest absolute Gasteiger partial charge is 0.428 e. The summed E-state index contributed by atoms with van der Waals surface area (Å²) in [6.45, 7) is 5.84. The largest absolute Gasteiger partial charge is 0.461 e. The molecule has 2 fully saturated rings. The van der Waals surface area contributed by atoms with Crippen LogP contribution in [-0.4, -0.2) is 76.0 Å². The van der Waals surface area contributed by atoms with Crippen molar-refractivity contribution in [1.82, 2.24) is 14.7 Å². The second-order valence-corrected chi connectivity index (χ2v) is 13.0. The van der Waals surface area contributed by atoms with Crippen LogP contribution >= 0.6 is 11.8 Å². The zero-order valence-electron chi connectivity index (χ0n) is 24.6. The van der Waals surface area contributed by atoms with Crippen LogP contribution in [-0.2, 0) is 16.1 Å². The van der Waals surface area contributed by atoms with Gasteiger partial charge in [0.05, 0.1) is 5.25 Å². The molecule has 2 aromatic carbocycles. The van der Waals surface area contributed by atoms with Crippen LogP contribution in [0.3, 0.4) is 0 Å². The Bertz CT molecular complexity index is 1370. The van der Waals surface area contributed by atoms with Crippen molar-refractivity contribution in [2.75, 3.05) is 25.0 Å². The summed E-state index contributed by atoms with van der Waals surface area (Å²) in [6.07, 6.45) is -6.76. The van der Waals surface area contributed by atoms with Crippen LogP contribution in [0.15, 0.2) is 48.5 Å². The van der Waals surface area contributed by atoms with Crippen LogP contribution in [0, 0.1) is 5.92 Å². The number of anilines is 1. The predicted octanol–water partition coefficient (Wildman–Crippen LogP) is 6.34. The Kier molecular flexibility index (Phi) is 9.62. The number of piperidine rings is 1. The molecule has 2 atom stereocenters. The summed E-state index contributed by atoms with van der Waals surface area (Å²) in [7, 11) is 0. The van der Waals surface area contributed by atoms with E-state index in [1.807, 2.05) is 43.0 Å². The SMILES string of the molecule is CC(C)CCN1C(=O)C(CC(=O)N2CCC(N3Cc4ccccc4NC3=O)CC2)SC1c1cccc(OC(F)(F)C(F)F)c1. The molecule has 0 bridgehead atoms. The Hall–Kier alpha value is -3.48. The van der Waals surface area contributed by atoms with E-state index >= 15 is 0 Å². The van der Waals surface area contributed by atoms with E-state index in [9.17, 15) is 31.9 Å². The number of urea groups is 1. The van der Waals surface area contributed by atoms with Gasteiger partial charge >= 0.3 is 18.6 Å². The molecule has 3 aliphatic rings. The molecule has 0 spiro atoms. The number of nitrogens with zero attached hydrogens (tertiary/aromatic N) is 3. The highest BCUT2D eigenvalue weighted by Crippen LogP contribution is 2.46. The first-order chi connectivity index (χ1) is 20.9. The Morgan fingerprint density at radius 1 is 1.09 bits per heavy atom. The summed E-state index contributed by atoms with van der Waals surface area (Å²) in [4.78, 5) is 44.8. The maximum Gasteiger partial charge on any atom is 0.461 e. The van der Waals surface area contributed by atoms with E-state index < -0.39 is 28.9 Å². The Balaban J connectivity index is 1.22. The number of amides is 4. The molecule has 3 heterocycles. The second-order valence-electron chi connectivity index (χ2n) is 11.8. The number of halogens is 4. The molecule has 5 rings (SSSR count). The molecule has 0 saturated carbocycles. The lowest BCUT2D eigenvalue weighted by Gasteiger charge is -2.40. The van der Waals surface area contributed by atoms with Gasteiger partial charge in [-0.15, -0.1) is 11.8 Å². The van der Waals surface area contributed by atoms with Crippen LogP contribution in [0.4, 0.5) is 28.0 Å². The molecule has 4 amide bonds. The average Bonchev–Trinajstić information content (AvgIpc) is 3.30. The van der Waals surface area contributed by atoms with Crippen molar-refractivity contribution in [2.24, 2.45) is 5.92 Å². The highest BCUT2D eigenvalue weighted by atomic mass is 32.2. The van der Waals surface area contributed by atoms with Gasteiger partial charge in [-0.25, -0.2) is 4.79 Å². The lowest BCUT2D eigenvalue weighted by Crippen LogP contribution is -2.51. The Labute approximate surface area is 258 Å². The number of nitrogens with one attached hydrogen (secondary N) is 1. The summed E-state index contributed by atoms with van der Waals surface area (Å²) in [5.41, 5.74) is 2.30. The fourth-order valence-electron chi connectivity index (χ4n) is 5.77. The third-order valence-corrected chi connectivity index (χ3v) is 9.69. The zero-order valence-corrected chi connectivity index (χ0v) is 25.4. The zero-order chi connectivity index (χ0) is 31.6. The fourth-order valence-corrected chi connectivity index (χ4v) is 7.23. The van der Waals surface area contributed by atoms with Gasteiger partial charge in [0.1, 0.15) is 11.1 Å². The maximum absolute atomic E-state index is 13.6. The van der Waals surface area contributed by atoms with Gasteiger partial charge in [0.15, 0.2) is 0 Å². The van der Waals surface area contributed by atoms with Crippen LogP contribution in [0.5, 0.6) is 5.75 Å². The number of rotatable bonds is 10. The third-order valence-electron chi connectivity index (χ3n) is 8.21. The van der Waals surface area contributed by atoms with Crippen molar-refractivity contribution in [2.45, 2.75) is 75.3 Å². The van der Waals surface area contributed by atoms with Crippen molar-refractivity contribution >= 4 is 35.3 Å². The van der Waals surface area contributed by atoms with E-state index in [4.69, 9.17) is 0 Å². The van der Waals surface area contributed by atoms with Crippen molar-refractivity contribution < 1.29 is 36.7 Å². The minimum atomic E-state index is -4.65. The average molecular weight is 637 g/mol. The molecule has 44 heavy (non-hydrogen) atoms. The van der Waals surface area contributed by atoms with Crippen LogP contribution in [0.2, 0.25) is 0 Å². The molecule has 2 aromatic rings. The molecule has 3 aliphatic heterocycles. The molecule has 2 unspecified atom stereocenters. The Morgan fingerprint density at radius 3 is 2.52 bits per heavy atom. The monoisotopic (exact) mass is 636 g/mol. The number of hydrogen-bond donors (Lipinski definition) is 1. The first kappa shape index (κ1) is 31.9. The molecule has 0 radical (unpaired) electrons. The van der Waals surface area contributed by atoms with Gasteiger partial charge in [0.25, 0.3) is 0 Å². The van der Waals surface area contributed by atoms with Gasteiger partial charge < -0.3 is 24.8 Å². The molecular weight excluding hydrogens is 600 g/mol. The van der Waals surface area contributed by atoms with Crippen molar-refractivity contribution in [3.8, 4) is 5.75 Å². The highest BCUT2D eigenvalue weighted by Gasteiger charge is 2.45. The number of ether oxygens (including phenoxy) is 1. The van der Waals surface area contributed by atoms with Crippen molar-refractivity contribution in [3.63, 3.8) is 0 Å².